The number of anilines is 1. The molecule has 0 aliphatic heterocycles. The van der Waals surface area contributed by atoms with Crippen molar-refractivity contribution in [3.63, 3.8) is 0 Å². The Hall–Kier alpha value is -2.73. The Bertz CT molecular complexity index is 934. The molecule has 3 aromatic rings. The van der Waals surface area contributed by atoms with Gasteiger partial charge in [-0.15, -0.1) is 11.8 Å². The monoisotopic (exact) mass is 381 g/mol. The lowest BCUT2D eigenvalue weighted by molar-refractivity contribution is -0.120. The summed E-state index contributed by atoms with van der Waals surface area (Å²) in [6.45, 7) is 3.98. The molecule has 27 heavy (non-hydrogen) atoms. The van der Waals surface area contributed by atoms with Crippen LogP contribution in [0.4, 0.5) is 5.69 Å². The Labute approximate surface area is 162 Å². The molecule has 2 amide bonds. The lowest BCUT2D eigenvalue weighted by Crippen LogP contribution is -2.32. The molecule has 1 heterocycles. The fraction of sp³-hybridized carbons (Fsp3) is 0.238. The van der Waals surface area contributed by atoms with Crippen molar-refractivity contribution in [2.75, 3.05) is 11.9 Å². The average molecular weight is 382 g/mol. The molecule has 0 spiro atoms. The maximum atomic E-state index is 12.4. The van der Waals surface area contributed by atoms with Gasteiger partial charge in [0.25, 0.3) is 0 Å². The minimum atomic E-state index is -0.195. The van der Waals surface area contributed by atoms with Crippen molar-refractivity contribution in [1.82, 2.24) is 10.3 Å². The number of carbonyl (C=O) groups excluding carboxylic acids is 2. The molecular weight excluding hydrogens is 358 g/mol. The van der Waals surface area contributed by atoms with E-state index in [2.05, 4.69) is 21.7 Å². The smallest absolute Gasteiger partial charge is 0.233 e. The predicted molar refractivity (Wildman–Crippen MR) is 111 cm³/mol. The zero-order valence-electron chi connectivity index (χ0n) is 15.4. The molecule has 0 radical (unpaired) electrons. The molecule has 140 valence electrons. The highest BCUT2D eigenvalue weighted by atomic mass is 32.2. The van der Waals surface area contributed by atoms with E-state index >= 15 is 0 Å². The summed E-state index contributed by atoms with van der Waals surface area (Å²) in [5.41, 5.74) is 3.08. The van der Waals surface area contributed by atoms with E-state index in [9.17, 15) is 9.59 Å². The van der Waals surface area contributed by atoms with E-state index < -0.39 is 0 Å². The van der Waals surface area contributed by atoms with Gasteiger partial charge in [-0.1, -0.05) is 18.2 Å². The Kier molecular flexibility index (Phi) is 6.19. The van der Waals surface area contributed by atoms with E-state index in [1.807, 2.05) is 55.6 Å². The van der Waals surface area contributed by atoms with Crippen LogP contribution in [-0.4, -0.2) is 28.6 Å². The van der Waals surface area contributed by atoms with Gasteiger partial charge in [0.1, 0.15) is 0 Å². The van der Waals surface area contributed by atoms with Crippen LogP contribution in [0, 0.1) is 0 Å². The molecule has 1 aromatic heterocycles. The highest BCUT2D eigenvalue weighted by Gasteiger charge is 2.14. The standard InChI is InChI=1S/C21H23N3O2S/c1-14(27-18-9-7-17(8-10-18)24-15(2)25)21(26)22-12-11-16-13-23-20-6-4-3-5-19(16)20/h3-10,13-14,23H,11-12H2,1-2H3,(H,22,26)(H,24,25). The maximum Gasteiger partial charge on any atom is 0.233 e. The van der Waals surface area contributed by atoms with Crippen LogP contribution in [0.3, 0.4) is 0 Å². The third-order valence-corrected chi connectivity index (χ3v) is 5.34. The van der Waals surface area contributed by atoms with Crippen LogP contribution in [0.5, 0.6) is 0 Å². The van der Waals surface area contributed by atoms with Gasteiger partial charge in [0, 0.05) is 41.2 Å². The Morgan fingerprint density at radius 2 is 1.85 bits per heavy atom. The number of aromatic nitrogens is 1. The van der Waals surface area contributed by atoms with Gasteiger partial charge < -0.3 is 15.6 Å². The average Bonchev–Trinajstić information content (AvgIpc) is 3.06. The summed E-state index contributed by atoms with van der Waals surface area (Å²) in [5, 5.41) is 6.75. The van der Waals surface area contributed by atoms with Gasteiger partial charge in [-0.2, -0.15) is 0 Å². The van der Waals surface area contributed by atoms with Gasteiger partial charge in [0.2, 0.25) is 11.8 Å². The van der Waals surface area contributed by atoms with Crippen molar-refractivity contribution < 1.29 is 9.59 Å². The van der Waals surface area contributed by atoms with Gasteiger partial charge in [-0.05, 0) is 49.2 Å². The molecule has 0 saturated carbocycles. The SMILES string of the molecule is CC(=O)Nc1ccc(SC(C)C(=O)NCCc2c[nH]c3ccccc23)cc1. The maximum absolute atomic E-state index is 12.4. The first kappa shape index (κ1) is 19.0. The summed E-state index contributed by atoms with van der Waals surface area (Å²) in [5.74, 6) is -0.0795. The number of hydrogen-bond donors (Lipinski definition) is 3. The molecule has 0 aliphatic carbocycles. The fourth-order valence-corrected chi connectivity index (χ4v) is 3.77. The number of amides is 2. The molecular formula is C21H23N3O2S. The van der Waals surface area contributed by atoms with Crippen LogP contribution in [0.15, 0.2) is 59.6 Å². The lowest BCUT2D eigenvalue weighted by Gasteiger charge is -2.12. The summed E-state index contributed by atoms with van der Waals surface area (Å²) in [6.07, 6.45) is 2.80. The third-order valence-electron chi connectivity index (χ3n) is 4.23. The van der Waals surface area contributed by atoms with Crippen LogP contribution in [0.25, 0.3) is 10.9 Å². The summed E-state index contributed by atoms with van der Waals surface area (Å²) < 4.78 is 0. The second-order valence-electron chi connectivity index (χ2n) is 6.37. The van der Waals surface area contributed by atoms with Crippen molar-refractivity contribution in [3.05, 3.63) is 60.3 Å². The van der Waals surface area contributed by atoms with Gasteiger partial charge >= 0.3 is 0 Å². The van der Waals surface area contributed by atoms with Gasteiger partial charge in [-0.25, -0.2) is 0 Å². The van der Waals surface area contributed by atoms with E-state index in [0.717, 1.165) is 22.5 Å². The number of benzene rings is 2. The molecule has 0 bridgehead atoms. The minimum Gasteiger partial charge on any atom is -0.361 e. The molecule has 0 aliphatic rings. The van der Waals surface area contributed by atoms with E-state index in [1.54, 1.807) is 0 Å². The number of H-pyrrole nitrogens is 1. The number of hydrogen-bond acceptors (Lipinski definition) is 3. The van der Waals surface area contributed by atoms with Crippen molar-refractivity contribution in [2.24, 2.45) is 0 Å². The Morgan fingerprint density at radius 3 is 2.59 bits per heavy atom. The fourth-order valence-electron chi connectivity index (χ4n) is 2.88. The normalized spacial score (nSPS) is 11.9. The third kappa shape index (κ3) is 5.14. The zero-order chi connectivity index (χ0) is 19.2. The topological polar surface area (TPSA) is 74.0 Å². The first-order valence-corrected chi connectivity index (χ1v) is 9.78. The number of nitrogens with one attached hydrogen (secondary N) is 3. The summed E-state index contributed by atoms with van der Waals surface area (Å²) in [4.78, 5) is 27.7. The van der Waals surface area contributed by atoms with Crippen LogP contribution in [0.2, 0.25) is 0 Å². The quantitative estimate of drug-likeness (QED) is 0.542. The van der Waals surface area contributed by atoms with Crippen molar-refractivity contribution in [3.8, 4) is 0 Å². The number of rotatable bonds is 7. The molecule has 2 aromatic carbocycles. The lowest BCUT2D eigenvalue weighted by atomic mass is 10.1. The van der Waals surface area contributed by atoms with Crippen LogP contribution in [-0.2, 0) is 16.0 Å². The molecule has 6 heteroatoms. The van der Waals surface area contributed by atoms with E-state index in [0.29, 0.717) is 6.54 Å². The van der Waals surface area contributed by atoms with Gasteiger partial charge in [-0.3, -0.25) is 9.59 Å². The molecule has 0 fully saturated rings. The molecule has 5 nitrogen and oxygen atoms in total. The molecule has 1 unspecified atom stereocenters. The summed E-state index contributed by atoms with van der Waals surface area (Å²) in [7, 11) is 0. The molecule has 3 rings (SSSR count). The van der Waals surface area contributed by atoms with Crippen LogP contribution in [0.1, 0.15) is 19.4 Å². The van der Waals surface area contributed by atoms with Crippen molar-refractivity contribution in [1.29, 1.82) is 0 Å². The number of thioether (sulfide) groups is 1. The Balaban J connectivity index is 1.48. The number of para-hydroxylation sites is 1. The number of aromatic amines is 1. The van der Waals surface area contributed by atoms with Gasteiger partial charge in [0.15, 0.2) is 0 Å². The minimum absolute atomic E-state index is 0.0192. The predicted octanol–water partition coefficient (Wildman–Crippen LogP) is 3.97. The number of carbonyl (C=O) groups is 2. The van der Waals surface area contributed by atoms with Gasteiger partial charge in [0.05, 0.1) is 5.25 Å². The zero-order valence-corrected chi connectivity index (χ0v) is 16.2. The first-order valence-electron chi connectivity index (χ1n) is 8.90. The molecule has 1 atom stereocenters. The second kappa shape index (κ2) is 8.77. The second-order valence-corrected chi connectivity index (χ2v) is 7.78. The van der Waals surface area contributed by atoms with Crippen LogP contribution < -0.4 is 10.6 Å². The van der Waals surface area contributed by atoms with E-state index in [1.165, 1.54) is 29.6 Å². The van der Waals surface area contributed by atoms with Crippen molar-refractivity contribution in [2.45, 2.75) is 30.4 Å². The van der Waals surface area contributed by atoms with E-state index in [-0.39, 0.29) is 17.1 Å². The van der Waals surface area contributed by atoms with Crippen LogP contribution >= 0.6 is 11.8 Å². The molecule has 3 N–H and O–H groups in total. The largest absolute Gasteiger partial charge is 0.361 e. The summed E-state index contributed by atoms with van der Waals surface area (Å²) >= 11 is 1.50. The Morgan fingerprint density at radius 1 is 1.11 bits per heavy atom. The van der Waals surface area contributed by atoms with Crippen molar-refractivity contribution >= 4 is 40.2 Å². The van der Waals surface area contributed by atoms with E-state index in [4.69, 9.17) is 0 Å². The highest BCUT2D eigenvalue weighted by molar-refractivity contribution is 8.00. The molecule has 0 saturated heterocycles. The highest BCUT2D eigenvalue weighted by Crippen LogP contribution is 2.25. The first-order chi connectivity index (χ1) is 13.0. The summed E-state index contributed by atoms with van der Waals surface area (Å²) in [6, 6.07) is 15.7. The number of fused-ring (bicyclic) bond motifs is 1.